The first-order valence-corrected chi connectivity index (χ1v) is 7.56. The molecule has 1 aromatic heterocycles. The molecular weight excluding hydrogens is 290 g/mol. The van der Waals surface area contributed by atoms with E-state index in [9.17, 15) is 4.79 Å². The zero-order valence-corrected chi connectivity index (χ0v) is 13.5. The maximum absolute atomic E-state index is 12.1. The van der Waals surface area contributed by atoms with Crippen LogP contribution in [0, 0.1) is 19.8 Å². The third-order valence-corrected chi connectivity index (χ3v) is 4.69. The van der Waals surface area contributed by atoms with Crippen LogP contribution in [-0.4, -0.2) is 23.1 Å². The summed E-state index contributed by atoms with van der Waals surface area (Å²) in [4.78, 5) is 12.1. The van der Waals surface area contributed by atoms with Crippen LogP contribution in [-0.2, 0) is 11.3 Å². The largest absolute Gasteiger partial charge is 0.361 e. The summed E-state index contributed by atoms with van der Waals surface area (Å²) < 4.78 is 5.10. The second-order valence-corrected chi connectivity index (χ2v) is 6.26. The summed E-state index contributed by atoms with van der Waals surface area (Å²) >= 11 is 0. The molecule has 118 valence electrons. The Balaban J connectivity index is 0.00000161. The van der Waals surface area contributed by atoms with Crippen molar-refractivity contribution in [2.24, 2.45) is 5.92 Å². The van der Waals surface area contributed by atoms with Crippen molar-refractivity contribution in [2.45, 2.75) is 64.6 Å². The highest BCUT2D eigenvalue weighted by atomic mass is 35.5. The number of nitrogens with zero attached hydrogens (tertiary/aromatic N) is 1. The third kappa shape index (κ3) is 3.77. The first-order valence-electron chi connectivity index (χ1n) is 7.56. The van der Waals surface area contributed by atoms with Gasteiger partial charge in [0, 0.05) is 30.6 Å². The van der Waals surface area contributed by atoms with E-state index >= 15 is 0 Å². The van der Waals surface area contributed by atoms with Crippen LogP contribution in [0.4, 0.5) is 0 Å². The first-order chi connectivity index (χ1) is 9.61. The van der Waals surface area contributed by atoms with Crippen molar-refractivity contribution in [3.63, 3.8) is 0 Å². The van der Waals surface area contributed by atoms with Crippen molar-refractivity contribution in [1.29, 1.82) is 0 Å². The van der Waals surface area contributed by atoms with Gasteiger partial charge in [-0.3, -0.25) is 4.79 Å². The Kier molecular flexibility index (Phi) is 5.27. The summed E-state index contributed by atoms with van der Waals surface area (Å²) in [6, 6.07) is 1.29. The SMILES string of the molecule is Cc1noc(C)c1CNC(=O)CC1CC2CCC(C1)N2.Cl. The van der Waals surface area contributed by atoms with E-state index in [0.717, 1.165) is 29.9 Å². The average molecular weight is 314 g/mol. The molecular formula is C15H24ClN3O2. The normalized spacial score (nSPS) is 27.2. The minimum absolute atomic E-state index is 0. The van der Waals surface area contributed by atoms with Crippen molar-refractivity contribution >= 4 is 18.3 Å². The van der Waals surface area contributed by atoms with Crippen molar-refractivity contribution in [3.05, 3.63) is 17.0 Å². The van der Waals surface area contributed by atoms with Crippen molar-refractivity contribution < 1.29 is 9.32 Å². The molecule has 2 fully saturated rings. The number of nitrogens with one attached hydrogen (secondary N) is 2. The predicted molar refractivity (Wildman–Crippen MR) is 82.4 cm³/mol. The van der Waals surface area contributed by atoms with Gasteiger partial charge in [0.15, 0.2) is 0 Å². The Labute approximate surface area is 131 Å². The number of carbonyl (C=O) groups excluding carboxylic acids is 1. The van der Waals surface area contributed by atoms with Crippen molar-refractivity contribution in [2.75, 3.05) is 0 Å². The Morgan fingerprint density at radius 3 is 2.57 bits per heavy atom. The van der Waals surface area contributed by atoms with Gasteiger partial charge in [-0.15, -0.1) is 12.4 Å². The van der Waals surface area contributed by atoms with Gasteiger partial charge < -0.3 is 15.2 Å². The lowest BCUT2D eigenvalue weighted by molar-refractivity contribution is -0.122. The quantitative estimate of drug-likeness (QED) is 0.894. The average Bonchev–Trinajstić information content (AvgIpc) is 2.91. The van der Waals surface area contributed by atoms with Gasteiger partial charge in [-0.2, -0.15) is 0 Å². The van der Waals surface area contributed by atoms with Crippen LogP contribution in [0.3, 0.4) is 0 Å². The van der Waals surface area contributed by atoms with E-state index in [-0.39, 0.29) is 18.3 Å². The number of carbonyl (C=O) groups is 1. The topological polar surface area (TPSA) is 67.2 Å². The molecule has 1 amide bonds. The summed E-state index contributed by atoms with van der Waals surface area (Å²) in [5.74, 6) is 1.48. The number of hydrogen-bond acceptors (Lipinski definition) is 4. The number of fused-ring (bicyclic) bond motifs is 2. The molecule has 21 heavy (non-hydrogen) atoms. The number of halogens is 1. The van der Waals surface area contributed by atoms with Crippen LogP contribution in [0.2, 0.25) is 0 Å². The fourth-order valence-electron chi connectivity index (χ4n) is 3.62. The molecule has 2 aliphatic rings. The second kappa shape index (κ2) is 6.79. The molecule has 2 unspecified atom stereocenters. The predicted octanol–water partition coefficient (Wildman–Crippen LogP) is 2.25. The van der Waals surface area contributed by atoms with Crippen molar-refractivity contribution in [3.8, 4) is 0 Å². The lowest BCUT2D eigenvalue weighted by atomic mass is 9.89. The maximum Gasteiger partial charge on any atom is 0.220 e. The van der Waals surface area contributed by atoms with Gasteiger partial charge >= 0.3 is 0 Å². The molecule has 2 saturated heterocycles. The van der Waals surface area contributed by atoms with E-state index in [1.807, 2.05) is 13.8 Å². The minimum atomic E-state index is 0. The van der Waals surface area contributed by atoms with Crippen LogP contribution in [0.1, 0.15) is 49.1 Å². The molecule has 0 aliphatic carbocycles. The molecule has 2 atom stereocenters. The van der Waals surface area contributed by atoms with E-state index in [0.29, 0.717) is 31.0 Å². The molecule has 3 heterocycles. The zero-order valence-electron chi connectivity index (χ0n) is 12.6. The van der Waals surface area contributed by atoms with Crippen molar-refractivity contribution in [1.82, 2.24) is 15.8 Å². The van der Waals surface area contributed by atoms with Gasteiger partial charge in [0.25, 0.3) is 0 Å². The van der Waals surface area contributed by atoms with Gasteiger partial charge in [0.1, 0.15) is 5.76 Å². The number of piperidine rings is 1. The van der Waals surface area contributed by atoms with Gasteiger partial charge in [-0.1, -0.05) is 5.16 Å². The molecule has 0 aromatic carbocycles. The zero-order chi connectivity index (χ0) is 14.1. The molecule has 1 aromatic rings. The Morgan fingerprint density at radius 2 is 2.00 bits per heavy atom. The fourth-order valence-corrected chi connectivity index (χ4v) is 3.62. The summed E-state index contributed by atoms with van der Waals surface area (Å²) in [6.45, 7) is 4.31. The smallest absolute Gasteiger partial charge is 0.220 e. The minimum Gasteiger partial charge on any atom is -0.361 e. The Bertz CT molecular complexity index is 472. The standard InChI is InChI=1S/C15H23N3O2.ClH/c1-9-14(10(2)20-18-9)8-16-15(19)7-11-5-12-3-4-13(6-11)17-12;/h11-13,17H,3-8H2,1-2H3,(H,16,19);1H. The van der Waals surface area contributed by atoms with Gasteiger partial charge in [-0.05, 0) is 45.4 Å². The Morgan fingerprint density at radius 1 is 1.33 bits per heavy atom. The highest BCUT2D eigenvalue weighted by Crippen LogP contribution is 2.32. The summed E-state index contributed by atoms with van der Waals surface area (Å²) in [6.07, 6.45) is 5.51. The molecule has 2 aliphatic heterocycles. The van der Waals surface area contributed by atoms with Crippen LogP contribution in [0.15, 0.2) is 4.52 Å². The highest BCUT2D eigenvalue weighted by molar-refractivity contribution is 5.85. The van der Waals surface area contributed by atoms with E-state index in [2.05, 4.69) is 15.8 Å². The lowest BCUT2D eigenvalue weighted by Gasteiger charge is -2.28. The number of hydrogen-bond donors (Lipinski definition) is 2. The Hall–Kier alpha value is -1.07. The number of aryl methyl sites for hydroxylation is 2. The van der Waals surface area contributed by atoms with Gasteiger partial charge in [0.05, 0.1) is 5.69 Å². The second-order valence-electron chi connectivity index (χ2n) is 6.26. The van der Waals surface area contributed by atoms with Crippen LogP contribution in [0.25, 0.3) is 0 Å². The van der Waals surface area contributed by atoms with Crippen LogP contribution in [0.5, 0.6) is 0 Å². The summed E-state index contributed by atoms with van der Waals surface area (Å²) in [5.41, 5.74) is 1.87. The first kappa shape index (κ1) is 16.3. The molecule has 0 spiro atoms. The number of aromatic nitrogens is 1. The third-order valence-electron chi connectivity index (χ3n) is 4.69. The van der Waals surface area contributed by atoms with E-state index < -0.39 is 0 Å². The number of amides is 1. The van der Waals surface area contributed by atoms with Gasteiger partial charge in [0.2, 0.25) is 5.91 Å². The molecule has 0 saturated carbocycles. The molecule has 3 rings (SSSR count). The number of rotatable bonds is 4. The molecule has 0 radical (unpaired) electrons. The van der Waals surface area contributed by atoms with E-state index in [1.165, 1.54) is 12.8 Å². The van der Waals surface area contributed by atoms with Gasteiger partial charge in [-0.25, -0.2) is 0 Å². The molecule has 2 N–H and O–H groups in total. The molecule has 2 bridgehead atoms. The summed E-state index contributed by atoms with van der Waals surface area (Å²) in [7, 11) is 0. The highest BCUT2D eigenvalue weighted by Gasteiger charge is 2.34. The molecule has 6 heteroatoms. The van der Waals surface area contributed by atoms with Crippen LogP contribution >= 0.6 is 12.4 Å². The molecule has 5 nitrogen and oxygen atoms in total. The summed E-state index contributed by atoms with van der Waals surface area (Å²) in [5, 5.41) is 10.5. The maximum atomic E-state index is 12.1. The monoisotopic (exact) mass is 313 g/mol. The van der Waals surface area contributed by atoms with E-state index in [4.69, 9.17) is 4.52 Å². The lowest BCUT2D eigenvalue weighted by Crippen LogP contribution is -2.39. The van der Waals surface area contributed by atoms with E-state index in [1.54, 1.807) is 0 Å². The van der Waals surface area contributed by atoms with Crippen LogP contribution < -0.4 is 10.6 Å². The fraction of sp³-hybridized carbons (Fsp3) is 0.733.